The standard InChI is InChI=1S/C20H14N4O4S/c1-23-12-21-22-20(23)29-19-9-7-13(10-15(19)24(26)27)6-8-16(25)18-11-14-4-2-3-5-17(14)28-18/h2-12H,1H3/b8-6+. The SMILES string of the molecule is Cn1cnnc1Sc1ccc(/C=C/C(=O)c2cc3ccccc3o2)cc1[N+](=O)[O-]. The predicted octanol–water partition coefficient (Wildman–Crippen LogP) is 4.52. The Kier molecular flexibility index (Phi) is 4.96. The average Bonchev–Trinajstić information content (AvgIpc) is 3.33. The Morgan fingerprint density at radius 1 is 1.24 bits per heavy atom. The molecular formula is C20H14N4O4S. The Hall–Kier alpha value is -3.72. The number of nitro groups is 1. The molecule has 0 saturated carbocycles. The molecule has 4 aromatic rings. The molecule has 0 fully saturated rings. The summed E-state index contributed by atoms with van der Waals surface area (Å²) in [4.78, 5) is 23.9. The van der Waals surface area contributed by atoms with Gasteiger partial charge in [-0.15, -0.1) is 10.2 Å². The number of nitrogens with zero attached hydrogens (tertiary/aromatic N) is 4. The normalized spacial score (nSPS) is 11.3. The number of ketones is 1. The second-order valence-corrected chi connectivity index (χ2v) is 7.17. The van der Waals surface area contributed by atoms with E-state index < -0.39 is 4.92 Å². The topological polar surface area (TPSA) is 104 Å². The van der Waals surface area contributed by atoms with Gasteiger partial charge in [0, 0.05) is 18.5 Å². The number of fused-ring (bicyclic) bond motifs is 1. The highest BCUT2D eigenvalue weighted by molar-refractivity contribution is 7.99. The maximum atomic E-state index is 12.4. The molecule has 4 rings (SSSR count). The van der Waals surface area contributed by atoms with Crippen molar-refractivity contribution in [3.05, 3.63) is 82.4 Å². The van der Waals surface area contributed by atoms with Gasteiger partial charge in [-0.1, -0.05) is 30.3 Å². The van der Waals surface area contributed by atoms with Gasteiger partial charge in [0.2, 0.25) is 5.78 Å². The molecule has 0 unspecified atom stereocenters. The van der Waals surface area contributed by atoms with Gasteiger partial charge in [0.1, 0.15) is 11.9 Å². The number of para-hydroxylation sites is 1. The van der Waals surface area contributed by atoms with Crippen LogP contribution in [0.3, 0.4) is 0 Å². The predicted molar refractivity (Wildman–Crippen MR) is 108 cm³/mol. The van der Waals surface area contributed by atoms with Crippen molar-refractivity contribution in [2.24, 2.45) is 7.05 Å². The van der Waals surface area contributed by atoms with E-state index in [4.69, 9.17) is 4.42 Å². The number of hydrogen-bond acceptors (Lipinski definition) is 7. The lowest BCUT2D eigenvalue weighted by Gasteiger charge is -2.03. The van der Waals surface area contributed by atoms with E-state index in [2.05, 4.69) is 10.2 Å². The van der Waals surface area contributed by atoms with Gasteiger partial charge in [0.15, 0.2) is 10.9 Å². The third-order valence-corrected chi connectivity index (χ3v) is 5.26. The molecule has 0 spiro atoms. The number of carbonyl (C=O) groups excluding carboxylic acids is 1. The van der Waals surface area contributed by atoms with Crippen molar-refractivity contribution in [3.63, 3.8) is 0 Å². The highest BCUT2D eigenvalue weighted by Crippen LogP contribution is 2.34. The third-order valence-electron chi connectivity index (χ3n) is 4.15. The first-order valence-corrected chi connectivity index (χ1v) is 9.34. The fourth-order valence-electron chi connectivity index (χ4n) is 2.69. The zero-order chi connectivity index (χ0) is 20.4. The lowest BCUT2D eigenvalue weighted by Crippen LogP contribution is -1.94. The molecule has 8 nitrogen and oxygen atoms in total. The fraction of sp³-hybridized carbons (Fsp3) is 0.0500. The third kappa shape index (κ3) is 3.94. The van der Waals surface area contributed by atoms with Crippen molar-refractivity contribution in [1.82, 2.24) is 14.8 Å². The van der Waals surface area contributed by atoms with Gasteiger partial charge in [-0.25, -0.2) is 0 Å². The number of benzene rings is 2. The summed E-state index contributed by atoms with van der Waals surface area (Å²) in [6.45, 7) is 0. The molecule has 0 N–H and O–H groups in total. The number of carbonyl (C=O) groups is 1. The molecule has 9 heteroatoms. The van der Waals surface area contributed by atoms with E-state index in [1.54, 1.807) is 35.9 Å². The Labute approximate surface area is 169 Å². The summed E-state index contributed by atoms with van der Waals surface area (Å²) in [5.41, 5.74) is 1.09. The number of nitro benzene ring substituents is 1. The quantitative estimate of drug-likeness (QED) is 0.201. The van der Waals surface area contributed by atoms with Crippen LogP contribution in [-0.2, 0) is 7.05 Å². The van der Waals surface area contributed by atoms with Gasteiger partial charge in [-0.3, -0.25) is 14.9 Å². The molecule has 0 bridgehead atoms. The number of rotatable bonds is 6. The van der Waals surface area contributed by atoms with Gasteiger partial charge >= 0.3 is 0 Å². The van der Waals surface area contributed by atoms with Crippen LogP contribution in [0.1, 0.15) is 16.1 Å². The summed E-state index contributed by atoms with van der Waals surface area (Å²) < 4.78 is 7.22. The Morgan fingerprint density at radius 3 is 2.79 bits per heavy atom. The van der Waals surface area contributed by atoms with Crippen LogP contribution >= 0.6 is 11.8 Å². The first kappa shape index (κ1) is 18.6. The molecule has 0 radical (unpaired) electrons. The molecule has 2 aromatic carbocycles. The first-order valence-electron chi connectivity index (χ1n) is 8.52. The maximum absolute atomic E-state index is 12.4. The smallest absolute Gasteiger partial charge is 0.283 e. The monoisotopic (exact) mass is 406 g/mol. The zero-order valence-electron chi connectivity index (χ0n) is 15.2. The minimum Gasteiger partial charge on any atom is -0.453 e. The Morgan fingerprint density at radius 2 is 2.07 bits per heavy atom. The van der Waals surface area contributed by atoms with Crippen molar-refractivity contribution >= 4 is 40.3 Å². The zero-order valence-corrected chi connectivity index (χ0v) is 16.0. The van der Waals surface area contributed by atoms with E-state index in [1.807, 2.05) is 18.2 Å². The Bertz CT molecular complexity index is 1230. The lowest BCUT2D eigenvalue weighted by atomic mass is 10.1. The van der Waals surface area contributed by atoms with Gasteiger partial charge < -0.3 is 8.98 Å². The number of allylic oxidation sites excluding steroid dienone is 1. The summed E-state index contributed by atoms with van der Waals surface area (Å²) in [7, 11) is 1.76. The summed E-state index contributed by atoms with van der Waals surface area (Å²) >= 11 is 1.15. The van der Waals surface area contributed by atoms with E-state index in [0.717, 1.165) is 17.1 Å². The second-order valence-electron chi connectivity index (χ2n) is 6.16. The van der Waals surface area contributed by atoms with Crippen LogP contribution in [0.15, 0.2) is 75.4 Å². The summed E-state index contributed by atoms with van der Waals surface area (Å²) in [5.74, 6) is -0.104. The van der Waals surface area contributed by atoms with Gasteiger partial charge in [0.25, 0.3) is 5.69 Å². The van der Waals surface area contributed by atoms with Crippen LogP contribution in [0.4, 0.5) is 5.69 Å². The molecule has 144 valence electrons. The van der Waals surface area contributed by atoms with Crippen molar-refractivity contribution in [3.8, 4) is 0 Å². The highest BCUT2D eigenvalue weighted by atomic mass is 32.2. The molecule has 0 saturated heterocycles. The molecule has 0 atom stereocenters. The van der Waals surface area contributed by atoms with Crippen LogP contribution < -0.4 is 0 Å². The number of aromatic nitrogens is 3. The van der Waals surface area contributed by atoms with Gasteiger partial charge in [-0.05, 0) is 41.6 Å². The summed E-state index contributed by atoms with van der Waals surface area (Å²) in [6.07, 6.45) is 4.39. The molecule has 0 amide bonds. The number of hydrogen-bond donors (Lipinski definition) is 0. The average molecular weight is 406 g/mol. The van der Waals surface area contributed by atoms with Crippen LogP contribution in [0, 0.1) is 10.1 Å². The van der Waals surface area contributed by atoms with E-state index in [9.17, 15) is 14.9 Å². The number of aryl methyl sites for hydroxylation is 1. The Balaban J connectivity index is 1.58. The molecular weight excluding hydrogens is 392 g/mol. The molecule has 29 heavy (non-hydrogen) atoms. The fourth-order valence-corrected chi connectivity index (χ4v) is 3.54. The van der Waals surface area contributed by atoms with Crippen LogP contribution in [0.2, 0.25) is 0 Å². The minimum atomic E-state index is -0.461. The van der Waals surface area contributed by atoms with E-state index in [-0.39, 0.29) is 17.2 Å². The van der Waals surface area contributed by atoms with E-state index >= 15 is 0 Å². The van der Waals surface area contributed by atoms with Crippen molar-refractivity contribution in [2.75, 3.05) is 0 Å². The van der Waals surface area contributed by atoms with Crippen LogP contribution in [-0.4, -0.2) is 25.5 Å². The van der Waals surface area contributed by atoms with Gasteiger partial charge in [0.05, 0.1) is 9.82 Å². The number of furan rings is 1. The molecule has 0 aliphatic carbocycles. The highest BCUT2D eigenvalue weighted by Gasteiger charge is 2.17. The van der Waals surface area contributed by atoms with E-state index in [0.29, 0.717) is 21.2 Å². The maximum Gasteiger partial charge on any atom is 0.283 e. The lowest BCUT2D eigenvalue weighted by molar-refractivity contribution is -0.387. The molecule has 0 aliphatic heterocycles. The van der Waals surface area contributed by atoms with Crippen molar-refractivity contribution < 1.29 is 14.1 Å². The summed E-state index contributed by atoms with van der Waals surface area (Å²) in [6, 6.07) is 13.8. The first-order chi connectivity index (χ1) is 14.0. The molecule has 2 heterocycles. The molecule has 2 aromatic heterocycles. The largest absolute Gasteiger partial charge is 0.453 e. The molecule has 0 aliphatic rings. The minimum absolute atomic E-state index is 0.0728. The van der Waals surface area contributed by atoms with Crippen LogP contribution in [0.25, 0.3) is 17.0 Å². The van der Waals surface area contributed by atoms with Gasteiger partial charge in [-0.2, -0.15) is 0 Å². The van der Waals surface area contributed by atoms with E-state index in [1.165, 1.54) is 24.5 Å². The van der Waals surface area contributed by atoms with Crippen LogP contribution in [0.5, 0.6) is 0 Å². The second kappa shape index (κ2) is 7.72. The van der Waals surface area contributed by atoms with Crippen molar-refractivity contribution in [2.45, 2.75) is 10.1 Å². The summed E-state index contributed by atoms with van der Waals surface area (Å²) in [5, 5.41) is 20.6. The van der Waals surface area contributed by atoms with Crippen molar-refractivity contribution in [1.29, 1.82) is 0 Å².